The third-order valence-corrected chi connectivity index (χ3v) is 8.03. The second-order valence-electron chi connectivity index (χ2n) is 8.89. The van der Waals surface area contributed by atoms with Crippen molar-refractivity contribution < 1.29 is 28.1 Å². The summed E-state index contributed by atoms with van der Waals surface area (Å²) in [4.78, 5) is 26.8. The molecule has 3 rings (SSSR count). The maximum Gasteiger partial charge on any atom is 0.453 e. The van der Waals surface area contributed by atoms with Crippen molar-refractivity contribution in [3.05, 3.63) is 112 Å². The molecule has 0 saturated heterocycles. The maximum absolute atomic E-state index is 13.6. The quantitative estimate of drug-likeness (QED) is 0.234. The Morgan fingerprint density at radius 2 is 1.73 bits per heavy atom. The molecule has 40 heavy (non-hydrogen) atoms. The first kappa shape index (κ1) is 31.2. The van der Waals surface area contributed by atoms with Crippen molar-refractivity contribution in [1.29, 1.82) is 0 Å². The van der Waals surface area contributed by atoms with Gasteiger partial charge in [0.15, 0.2) is 0 Å². The van der Waals surface area contributed by atoms with Crippen LogP contribution in [0.1, 0.15) is 27.5 Å². The van der Waals surface area contributed by atoms with Gasteiger partial charge in [-0.05, 0) is 41.5 Å². The number of rotatable bonds is 12. The van der Waals surface area contributed by atoms with Crippen molar-refractivity contribution in [2.75, 3.05) is 11.4 Å². The molecule has 0 heterocycles. The zero-order valence-electron chi connectivity index (χ0n) is 21.5. The first-order valence-electron chi connectivity index (χ1n) is 12.1. The topological polar surface area (TPSA) is 136 Å². The summed E-state index contributed by atoms with van der Waals surface area (Å²) in [7, 11) is -4.10. The van der Waals surface area contributed by atoms with E-state index in [4.69, 9.17) is 23.2 Å². The number of sulfonamides is 1. The van der Waals surface area contributed by atoms with E-state index in [-0.39, 0.29) is 28.3 Å². The highest BCUT2D eigenvalue weighted by Crippen LogP contribution is 2.23. The van der Waals surface area contributed by atoms with Crippen LogP contribution in [-0.4, -0.2) is 50.5 Å². The maximum atomic E-state index is 13.6. The smallest absolute Gasteiger partial charge is 0.427 e. The molecular formula is C27H28BCl2N3O6S. The summed E-state index contributed by atoms with van der Waals surface area (Å²) < 4.78 is 25.6. The van der Waals surface area contributed by atoms with Crippen LogP contribution in [0.5, 0.6) is 0 Å². The minimum Gasteiger partial charge on any atom is -0.427 e. The molecule has 0 saturated carbocycles. The van der Waals surface area contributed by atoms with E-state index in [1.807, 2.05) is 0 Å². The average Bonchev–Trinajstić information content (AvgIpc) is 2.93. The number of halogens is 2. The summed E-state index contributed by atoms with van der Waals surface area (Å²) in [5.41, 5.74) is 1.55. The molecule has 4 N–H and O–H groups in total. The lowest BCUT2D eigenvalue weighted by Gasteiger charge is -2.25. The Morgan fingerprint density at radius 1 is 1.02 bits per heavy atom. The van der Waals surface area contributed by atoms with Crippen LogP contribution in [0.4, 0.5) is 5.69 Å². The summed E-state index contributed by atoms with van der Waals surface area (Å²) in [5, 5.41) is 26.0. The van der Waals surface area contributed by atoms with Gasteiger partial charge in [-0.2, -0.15) is 0 Å². The Bertz CT molecular complexity index is 1470. The fourth-order valence-electron chi connectivity index (χ4n) is 3.94. The molecule has 0 spiro atoms. The first-order chi connectivity index (χ1) is 18.9. The molecule has 2 atom stereocenters. The van der Waals surface area contributed by atoms with Crippen molar-refractivity contribution in [3.8, 4) is 0 Å². The molecule has 9 nitrogen and oxygen atoms in total. The minimum absolute atomic E-state index is 0.0330. The lowest BCUT2D eigenvalue weighted by atomic mass is 9.79. The van der Waals surface area contributed by atoms with E-state index in [9.17, 15) is 28.1 Å². The molecule has 0 bridgehead atoms. The molecule has 210 valence electrons. The lowest BCUT2D eigenvalue weighted by molar-refractivity contribution is -0.123. The van der Waals surface area contributed by atoms with Crippen LogP contribution in [0, 0.1) is 0 Å². The number of nitrogens with one attached hydrogen (secondary N) is 2. The van der Waals surface area contributed by atoms with Gasteiger partial charge in [0.25, 0.3) is 15.9 Å². The SMILES string of the molecule is C=CS(=O)(=O)N(C)c1cccc(C[C@H](NC(=O)c2cc(Cl)ccc2Cl)C(=O)N[C@H](CB(O)O)c2ccccc2)c1. The zero-order valence-corrected chi connectivity index (χ0v) is 23.8. The normalized spacial score (nSPS) is 12.6. The van der Waals surface area contributed by atoms with Crippen LogP contribution < -0.4 is 14.9 Å². The predicted molar refractivity (Wildman–Crippen MR) is 158 cm³/mol. The van der Waals surface area contributed by atoms with E-state index in [1.165, 1.54) is 25.2 Å². The molecule has 3 aromatic rings. The number of hydrogen-bond acceptors (Lipinski definition) is 6. The van der Waals surface area contributed by atoms with Gasteiger partial charge in [0.2, 0.25) is 5.91 Å². The van der Waals surface area contributed by atoms with Gasteiger partial charge < -0.3 is 20.7 Å². The highest BCUT2D eigenvalue weighted by atomic mass is 35.5. The van der Waals surface area contributed by atoms with Gasteiger partial charge in [-0.3, -0.25) is 13.9 Å². The van der Waals surface area contributed by atoms with Gasteiger partial charge in [0, 0.05) is 30.2 Å². The zero-order chi connectivity index (χ0) is 29.4. The minimum atomic E-state index is -3.76. The second kappa shape index (κ2) is 13.8. The van der Waals surface area contributed by atoms with Crippen LogP contribution in [0.15, 0.2) is 84.8 Å². The number of nitrogens with zero attached hydrogens (tertiary/aromatic N) is 1. The summed E-state index contributed by atoms with van der Waals surface area (Å²) in [6.45, 7) is 3.33. The number of carbonyl (C=O) groups excluding carboxylic acids is 2. The third-order valence-electron chi connectivity index (χ3n) is 6.07. The van der Waals surface area contributed by atoms with Crippen molar-refractivity contribution in [1.82, 2.24) is 10.6 Å². The van der Waals surface area contributed by atoms with Crippen LogP contribution in [-0.2, 0) is 21.2 Å². The van der Waals surface area contributed by atoms with Gasteiger partial charge in [-0.25, -0.2) is 8.42 Å². The molecule has 2 amide bonds. The molecule has 0 aromatic heterocycles. The van der Waals surface area contributed by atoms with Crippen LogP contribution in [0.25, 0.3) is 0 Å². The molecule has 3 aromatic carbocycles. The number of benzene rings is 3. The standard InChI is InChI=1S/C27H28BCl2N3O6S/c1-3-40(38,39)33(2)21-11-7-8-18(14-21)15-24(31-26(34)22-16-20(29)12-13-23(22)30)27(35)32-25(17-28(36)37)19-9-5-4-6-10-19/h3-14,16,24-25,36-37H,1,15,17H2,2H3,(H,31,34)(H,32,35)/t24-,25+/m0/s1. The Kier molecular flexibility index (Phi) is 10.8. The fourth-order valence-corrected chi connectivity index (χ4v) is 4.94. The van der Waals surface area contributed by atoms with Gasteiger partial charge in [-0.1, -0.05) is 72.2 Å². The second-order valence-corrected chi connectivity index (χ2v) is 11.6. The van der Waals surface area contributed by atoms with Crippen LogP contribution in [0.3, 0.4) is 0 Å². The highest BCUT2D eigenvalue weighted by Gasteiger charge is 2.28. The largest absolute Gasteiger partial charge is 0.453 e. The number of anilines is 1. The molecule has 0 aliphatic carbocycles. The number of carbonyl (C=O) groups is 2. The van der Waals surface area contributed by atoms with Gasteiger partial charge >= 0.3 is 7.12 Å². The van der Waals surface area contributed by atoms with Crippen molar-refractivity contribution in [3.63, 3.8) is 0 Å². The Balaban J connectivity index is 1.95. The summed E-state index contributed by atoms with van der Waals surface area (Å²) in [5.74, 6) is -1.27. The number of amides is 2. The average molecular weight is 604 g/mol. The van der Waals surface area contributed by atoms with Crippen LogP contribution >= 0.6 is 23.2 Å². The molecule has 0 fully saturated rings. The molecule has 0 aliphatic heterocycles. The van der Waals surface area contributed by atoms with Crippen molar-refractivity contribution in [2.24, 2.45) is 0 Å². The third kappa shape index (κ3) is 8.33. The predicted octanol–water partition coefficient (Wildman–Crippen LogP) is 3.57. The highest BCUT2D eigenvalue weighted by molar-refractivity contribution is 7.95. The molecule has 13 heteroatoms. The Hall–Kier alpha value is -3.35. The fraction of sp³-hybridized carbons (Fsp3) is 0.185. The molecular weight excluding hydrogens is 576 g/mol. The van der Waals surface area contributed by atoms with Crippen LogP contribution in [0.2, 0.25) is 16.4 Å². The molecule has 0 unspecified atom stereocenters. The summed E-state index contributed by atoms with van der Waals surface area (Å²) in [6, 6.07) is 17.6. The van der Waals surface area contributed by atoms with Gasteiger partial charge in [0.1, 0.15) is 6.04 Å². The van der Waals surface area contributed by atoms with E-state index >= 15 is 0 Å². The van der Waals surface area contributed by atoms with E-state index in [0.717, 1.165) is 9.71 Å². The Labute approximate surface area is 243 Å². The van der Waals surface area contributed by atoms with E-state index in [2.05, 4.69) is 17.2 Å². The van der Waals surface area contributed by atoms with Gasteiger partial charge in [0.05, 0.1) is 22.3 Å². The van der Waals surface area contributed by atoms with Crippen molar-refractivity contribution in [2.45, 2.75) is 24.8 Å². The monoisotopic (exact) mass is 603 g/mol. The van der Waals surface area contributed by atoms with E-state index < -0.39 is 41.0 Å². The lowest BCUT2D eigenvalue weighted by Crippen LogP contribution is -2.49. The van der Waals surface area contributed by atoms with Crippen molar-refractivity contribution >= 4 is 57.8 Å². The number of hydrogen-bond donors (Lipinski definition) is 4. The summed E-state index contributed by atoms with van der Waals surface area (Å²) in [6.07, 6.45) is -0.231. The van der Waals surface area contributed by atoms with E-state index in [0.29, 0.717) is 16.8 Å². The Morgan fingerprint density at radius 3 is 2.38 bits per heavy atom. The molecule has 0 aliphatic rings. The molecule has 0 radical (unpaired) electrons. The first-order valence-corrected chi connectivity index (χ1v) is 14.3. The summed E-state index contributed by atoms with van der Waals surface area (Å²) >= 11 is 12.2. The van der Waals surface area contributed by atoms with E-state index in [1.54, 1.807) is 54.6 Å². The van der Waals surface area contributed by atoms with Gasteiger partial charge in [-0.15, -0.1) is 0 Å².